The minimum atomic E-state index is -0.846. The Morgan fingerprint density at radius 2 is 2.24 bits per heavy atom. The van der Waals surface area contributed by atoms with Crippen molar-refractivity contribution in [2.75, 3.05) is 13.1 Å². The highest BCUT2D eigenvalue weighted by atomic mass is 16.4. The molecule has 1 aliphatic heterocycles. The monoisotopic (exact) mass is 286 g/mol. The zero-order chi connectivity index (χ0) is 15.5. The van der Waals surface area contributed by atoms with Gasteiger partial charge in [0.2, 0.25) is 0 Å². The van der Waals surface area contributed by atoms with Gasteiger partial charge in [-0.05, 0) is 37.5 Å². The van der Waals surface area contributed by atoms with Crippen molar-refractivity contribution in [3.8, 4) is 6.07 Å². The highest BCUT2D eigenvalue weighted by molar-refractivity contribution is 5.95. The topological polar surface area (TPSA) is 81.4 Å². The summed E-state index contributed by atoms with van der Waals surface area (Å²) in [6.07, 6.45) is 1.79. The molecule has 1 N–H and O–H groups in total. The van der Waals surface area contributed by atoms with Gasteiger partial charge in [0.05, 0.1) is 17.0 Å². The summed E-state index contributed by atoms with van der Waals surface area (Å²) < 4.78 is 0. The van der Waals surface area contributed by atoms with Gasteiger partial charge in [-0.2, -0.15) is 5.26 Å². The van der Waals surface area contributed by atoms with E-state index in [-0.39, 0.29) is 12.5 Å². The lowest BCUT2D eigenvalue weighted by Crippen LogP contribution is -2.49. The number of nitrogens with zero attached hydrogens (tertiary/aromatic N) is 2. The molecule has 1 unspecified atom stereocenters. The van der Waals surface area contributed by atoms with Gasteiger partial charge in [0.25, 0.3) is 5.91 Å². The lowest BCUT2D eigenvalue weighted by atomic mass is 9.77. The van der Waals surface area contributed by atoms with Crippen LogP contribution < -0.4 is 0 Å². The summed E-state index contributed by atoms with van der Waals surface area (Å²) in [6, 6.07) is 8.52. The Morgan fingerprint density at radius 1 is 1.48 bits per heavy atom. The number of benzene rings is 1. The minimum Gasteiger partial charge on any atom is -0.481 e. The van der Waals surface area contributed by atoms with Crippen LogP contribution >= 0.6 is 0 Å². The third-order valence-corrected chi connectivity index (χ3v) is 4.23. The molecule has 1 heterocycles. The van der Waals surface area contributed by atoms with Crippen LogP contribution in [0.3, 0.4) is 0 Å². The molecule has 1 amide bonds. The second-order valence-corrected chi connectivity index (χ2v) is 5.46. The summed E-state index contributed by atoms with van der Waals surface area (Å²) >= 11 is 0. The molecular weight excluding hydrogens is 268 g/mol. The molecule has 21 heavy (non-hydrogen) atoms. The smallest absolute Gasteiger partial charge is 0.311 e. The number of carboxylic acid groups (broad SMARTS) is 1. The number of hydrogen-bond acceptors (Lipinski definition) is 3. The molecule has 0 radical (unpaired) electrons. The highest BCUT2D eigenvalue weighted by Gasteiger charge is 2.42. The molecule has 1 saturated heterocycles. The van der Waals surface area contributed by atoms with Crippen LogP contribution in [-0.2, 0) is 4.79 Å². The van der Waals surface area contributed by atoms with Crippen LogP contribution in [0.2, 0.25) is 0 Å². The van der Waals surface area contributed by atoms with Gasteiger partial charge < -0.3 is 10.0 Å². The molecule has 0 bridgehead atoms. The van der Waals surface area contributed by atoms with Gasteiger partial charge in [-0.3, -0.25) is 9.59 Å². The van der Waals surface area contributed by atoms with Crippen molar-refractivity contribution in [1.29, 1.82) is 5.26 Å². The quantitative estimate of drug-likeness (QED) is 0.924. The Balaban J connectivity index is 2.23. The van der Waals surface area contributed by atoms with Crippen LogP contribution in [0.15, 0.2) is 24.3 Å². The number of amides is 1. The van der Waals surface area contributed by atoms with Crippen molar-refractivity contribution in [3.63, 3.8) is 0 Å². The summed E-state index contributed by atoms with van der Waals surface area (Å²) in [4.78, 5) is 25.6. The van der Waals surface area contributed by atoms with E-state index in [0.717, 1.165) is 0 Å². The number of carbonyl (C=O) groups excluding carboxylic acids is 1. The number of carboxylic acids is 1. The van der Waals surface area contributed by atoms with Crippen molar-refractivity contribution in [2.45, 2.75) is 26.2 Å². The number of nitriles is 1. The van der Waals surface area contributed by atoms with E-state index >= 15 is 0 Å². The molecule has 0 aromatic heterocycles. The Bertz CT molecular complexity index is 606. The first kappa shape index (κ1) is 15.0. The number of aliphatic carboxylic acids is 1. The summed E-state index contributed by atoms with van der Waals surface area (Å²) in [5.74, 6) is -1.04. The number of piperidine rings is 1. The van der Waals surface area contributed by atoms with Crippen molar-refractivity contribution in [2.24, 2.45) is 5.41 Å². The number of carbonyl (C=O) groups is 2. The van der Waals surface area contributed by atoms with Gasteiger partial charge in [0.15, 0.2) is 0 Å². The van der Waals surface area contributed by atoms with E-state index in [1.54, 1.807) is 29.2 Å². The fourth-order valence-electron chi connectivity index (χ4n) is 2.82. The maximum Gasteiger partial charge on any atom is 0.311 e. The van der Waals surface area contributed by atoms with Crippen molar-refractivity contribution >= 4 is 11.9 Å². The van der Waals surface area contributed by atoms with Crippen LogP contribution in [0.4, 0.5) is 0 Å². The van der Waals surface area contributed by atoms with E-state index in [9.17, 15) is 14.7 Å². The van der Waals surface area contributed by atoms with Gasteiger partial charge in [0.1, 0.15) is 0 Å². The van der Waals surface area contributed by atoms with E-state index in [4.69, 9.17) is 5.26 Å². The molecule has 0 spiro atoms. The summed E-state index contributed by atoms with van der Waals surface area (Å²) in [6.45, 7) is 2.64. The van der Waals surface area contributed by atoms with Crippen LogP contribution in [0, 0.1) is 16.7 Å². The van der Waals surface area contributed by atoms with Gasteiger partial charge in [-0.1, -0.05) is 13.0 Å². The Morgan fingerprint density at radius 3 is 2.86 bits per heavy atom. The van der Waals surface area contributed by atoms with Crippen LogP contribution in [0.25, 0.3) is 0 Å². The standard InChI is InChI=1S/C16H18N2O3/c1-2-16(15(20)21)7-4-8-18(11-16)14(19)13-6-3-5-12(9-13)10-17/h3,5-6,9H,2,4,7-8,11H2,1H3,(H,20,21). The van der Waals surface area contributed by atoms with E-state index in [1.165, 1.54) is 0 Å². The SMILES string of the molecule is CCC1(C(=O)O)CCCN(C(=O)c2cccc(C#N)c2)C1. The van der Waals surface area contributed by atoms with Gasteiger partial charge in [0, 0.05) is 18.7 Å². The third-order valence-electron chi connectivity index (χ3n) is 4.23. The summed E-state index contributed by atoms with van der Waals surface area (Å²) in [5, 5.41) is 18.4. The van der Waals surface area contributed by atoms with Gasteiger partial charge >= 0.3 is 5.97 Å². The zero-order valence-electron chi connectivity index (χ0n) is 12.0. The van der Waals surface area contributed by atoms with Gasteiger partial charge in [-0.15, -0.1) is 0 Å². The fourth-order valence-corrected chi connectivity index (χ4v) is 2.82. The molecule has 5 heteroatoms. The minimum absolute atomic E-state index is 0.203. The van der Waals surface area contributed by atoms with Crippen LogP contribution in [0.5, 0.6) is 0 Å². The third kappa shape index (κ3) is 2.89. The van der Waals surface area contributed by atoms with Gasteiger partial charge in [-0.25, -0.2) is 0 Å². The zero-order valence-corrected chi connectivity index (χ0v) is 12.0. The van der Waals surface area contributed by atoms with E-state index < -0.39 is 11.4 Å². The largest absolute Gasteiger partial charge is 0.481 e. The average molecular weight is 286 g/mol. The fraction of sp³-hybridized carbons (Fsp3) is 0.438. The van der Waals surface area contributed by atoms with E-state index in [2.05, 4.69) is 0 Å². The lowest BCUT2D eigenvalue weighted by molar-refractivity contribution is -0.152. The lowest BCUT2D eigenvalue weighted by Gasteiger charge is -2.39. The van der Waals surface area contributed by atoms with Crippen molar-refractivity contribution in [3.05, 3.63) is 35.4 Å². The number of hydrogen-bond donors (Lipinski definition) is 1. The van der Waals surface area contributed by atoms with E-state index in [0.29, 0.717) is 36.9 Å². The molecule has 0 aliphatic carbocycles. The van der Waals surface area contributed by atoms with Crippen LogP contribution in [0.1, 0.15) is 42.1 Å². The predicted molar refractivity (Wildman–Crippen MR) is 76.7 cm³/mol. The molecule has 5 nitrogen and oxygen atoms in total. The Hall–Kier alpha value is -2.35. The van der Waals surface area contributed by atoms with Crippen molar-refractivity contribution in [1.82, 2.24) is 4.90 Å². The second-order valence-electron chi connectivity index (χ2n) is 5.46. The predicted octanol–water partition coefficient (Wildman–Crippen LogP) is 2.28. The first-order chi connectivity index (χ1) is 10.0. The van der Waals surface area contributed by atoms with E-state index in [1.807, 2.05) is 13.0 Å². The molecular formula is C16H18N2O3. The molecule has 1 atom stereocenters. The normalized spacial score (nSPS) is 21.6. The summed E-state index contributed by atoms with van der Waals surface area (Å²) in [7, 11) is 0. The number of likely N-dealkylation sites (tertiary alicyclic amines) is 1. The molecule has 2 rings (SSSR count). The average Bonchev–Trinajstić information content (AvgIpc) is 2.54. The molecule has 1 aromatic rings. The second kappa shape index (κ2) is 5.96. The molecule has 0 saturated carbocycles. The summed E-state index contributed by atoms with van der Waals surface area (Å²) in [5.41, 5.74) is 0.0185. The number of rotatable bonds is 3. The maximum atomic E-state index is 12.5. The maximum absolute atomic E-state index is 12.5. The Kier molecular flexibility index (Phi) is 4.27. The Labute approximate surface area is 123 Å². The first-order valence-corrected chi connectivity index (χ1v) is 7.05. The molecule has 110 valence electrons. The first-order valence-electron chi connectivity index (χ1n) is 7.05. The van der Waals surface area contributed by atoms with Crippen molar-refractivity contribution < 1.29 is 14.7 Å². The van der Waals surface area contributed by atoms with Crippen LogP contribution in [-0.4, -0.2) is 35.0 Å². The molecule has 1 aromatic carbocycles. The molecule has 1 fully saturated rings. The molecule has 1 aliphatic rings. The highest BCUT2D eigenvalue weighted by Crippen LogP contribution is 2.34.